The molecule has 0 aliphatic carbocycles. The number of hydrogen-bond donors (Lipinski definition) is 3. The van der Waals surface area contributed by atoms with Crippen LogP contribution in [0.15, 0.2) is 59.5 Å². The number of benzene rings is 1. The summed E-state index contributed by atoms with van der Waals surface area (Å²) in [6, 6.07) is 14.8. The van der Waals surface area contributed by atoms with Crippen LogP contribution >= 0.6 is 0 Å². The molecule has 0 amide bonds. The van der Waals surface area contributed by atoms with E-state index in [2.05, 4.69) is 20.5 Å². The molecule has 3 rings (SSSR count). The molecule has 0 spiro atoms. The van der Waals surface area contributed by atoms with Gasteiger partial charge >= 0.3 is 0 Å². The molecule has 2 heterocycles. The molecule has 3 aromatic rings. The van der Waals surface area contributed by atoms with Crippen LogP contribution < -0.4 is 9.62 Å². The van der Waals surface area contributed by atoms with Gasteiger partial charge in [-0.3, -0.25) is 5.10 Å². The first-order valence-corrected chi connectivity index (χ1v) is 9.39. The van der Waals surface area contributed by atoms with Crippen LogP contribution in [-0.4, -0.2) is 41.9 Å². The zero-order chi connectivity index (χ0) is 18.6. The lowest BCUT2D eigenvalue weighted by Gasteiger charge is -2.23. The summed E-state index contributed by atoms with van der Waals surface area (Å²) in [5.74, 6) is 1.23. The van der Waals surface area contributed by atoms with Crippen molar-refractivity contribution in [3.8, 4) is 0 Å². The van der Waals surface area contributed by atoms with E-state index in [1.54, 1.807) is 42.5 Å². The molecule has 0 radical (unpaired) electrons. The molecule has 0 saturated heterocycles. The predicted molar refractivity (Wildman–Crippen MR) is 98.9 cm³/mol. The Hall–Kier alpha value is -2.91. The quantitative estimate of drug-likeness (QED) is 0.584. The van der Waals surface area contributed by atoms with Gasteiger partial charge in [-0.2, -0.15) is 5.10 Å². The number of aromatic nitrogens is 3. The van der Waals surface area contributed by atoms with Gasteiger partial charge in [-0.15, -0.1) is 0 Å². The van der Waals surface area contributed by atoms with Crippen molar-refractivity contribution in [1.82, 2.24) is 15.2 Å². The highest BCUT2D eigenvalue weighted by Gasteiger charge is 2.25. The second-order valence-corrected chi connectivity index (χ2v) is 7.42. The summed E-state index contributed by atoms with van der Waals surface area (Å²) < 4.78 is 27.0. The van der Waals surface area contributed by atoms with E-state index in [1.807, 2.05) is 6.92 Å². The first kappa shape index (κ1) is 17.9. The first-order chi connectivity index (χ1) is 12.5. The number of aryl methyl sites for hydroxylation is 1. The lowest BCUT2D eigenvalue weighted by Crippen LogP contribution is -2.34. The van der Waals surface area contributed by atoms with E-state index in [9.17, 15) is 13.5 Å². The van der Waals surface area contributed by atoms with Crippen molar-refractivity contribution in [2.75, 3.05) is 22.8 Å². The summed E-state index contributed by atoms with van der Waals surface area (Å²) in [4.78, 5) is 4.49. The number of nitrogens with zero attached hydrogens (tertiary/aromatic N) is 3. The van der Waals surface area contributed by atoms with Crippen LogP contribution in [0.4, 0.5) is 17.5 Å². The van der Waals surface area contributed by atoms with Gasteiger partial charge in [0.2, 0.25) is 0 Å². The van der Waals surface area contributed by atoms with Crippen molar-refractivity contribution >= 4 is 27.5 Å². The maximum atomic E-state index is 12.9. The predicted octanol–water partition coefficient (Wildman–Crippen LogP) is 2.04. The third kappa shape index (κ3) is 3.84. The molecule has 0 unspecified atom stereocenters. The van der Waals surface area contributed by atoms with E-state index in [1.165, 1.54) is 12.1 Å². The minimum atomic E-state index is -3.84. The largest absolute Gasteiger partial charge is 0.394 e. The molecule has 8 nitrogen and oxygen atoms in total. The van der Waals surface area contributed by atoms with E-state index in [0.717, 1.165) is 10.00 Å². The van der Waals surface area contributed by atoms with Crippen LogP contribution in [0.25, 0.3) is 0 Å². The highest BCUT2D eigenvalue weighted by atomic mass is 32.2. The van der Waals surface area contributed by atoms with Crippen LogP contribution in [0, 0.1) is 6.92 Å². The van der Waals surface area contributed by atoms with Gasteiger partial charge in [-0.05, 0) is 31.2 Å². The fourth-order valence-corrected chi connectivity index (χ4v) is 3.84. The number of hydrogen-bond acceptors (Lipinski definition) is 6. The van der Waals surface area contributed by atoms with E-state index in [0.29, 0.717) is 11.6 Å². The Morgan fingerprint density at radius 3 is 2.54 bits per heavy atom. The molecule has 0 aliphatic rings. The monoisotopic (exact) mass is 373 g/mol. The van der Waals surface area contributed by atoms with Gasteiger partial charge in [0.15, 0.2) is 5.82 Å². The minimum Gasteiger partial charge on any atom is -0.394 e. The number of H-pyrrole nitrogens is 1. The molecular weight excluding hydrogens is 354 g/mol. The Labute approximate surface area is 151 Å². The van der Waals surface area contributed by atoms with Crippen molar-refractivity contribution in [3.63, 3.8) is 0 Å². The zero-order valence-corrected chi connectivity index (χ0v) is 14.9. The van der Waals surface area contributed by atoms with Gasteiger partial charge in [0.1, 0.15) is 11.6 Å². The molecule has 0 saturated carbocycles. The lowest BCUT2D eigenvalue weighted by atomic mass is 10.4. The normalized spacial score (nSPS) is 11.3. The fourth-order valence-electron chi connectivity index (χ4n) is 2.41. The van der Waals surface area contributed by atoms with Gasteiger partial charge in [-0.25, -0.2) is 17.7 Å². The van der Waals surface area contributed by atoms with Crippen molar-refractivity contribution in [2.45, 2.75) is 11.8 Å². The highest BCUT2D eigenvalue weighted by Crippen LogP contribution is 2.23. The second kappa shape index (κ2) is 7.54. The summed E-state index contributed by atoms with van der Waals surface area (Å²) in [7, 11) is -3.84. The van der Waals surface area contributed by atoms with Crippen molar-refractivity contribution < 1.29 is 13.5 Å². The molecule has 136 valence electrons. The number of rotatable bonds is 7. The maximum Gasteiger partial charge on any atom is 0.265 e. The topological polar surface area (TPSA) is 111 Å². The Balaban J connectivity index is 1.94. The standard InChI is InChI=1S/C17H19N5O3S/c1-13-12-16(21-20-13)18-15-8-5-9-17(19-15)22(10-11-23)26(24,25)14-6-3-2-4-7-14/h2-9,12,23H,10-11H2,1H3,(H2,18,19,20,21). The number of aliphatic hydroxyl groups excluding tert-OH is 1. The maximum absolute atomic E-state index is 12.9. The number of nitrogens with one attached hydrogen (secondary N) is 2. The molecule has 0 fully saturated rings. The fraction of sp³-hybridized carbons (Fsp3) is 0.176. The average Bonchev–Trinajstić information content (AvgIpc) is 3.05. The second-order valence-electron chi connectivity index (χ2n) is 5.56. The van der Waals surface area contributed by atoms with Crippen LogP contribution in [0.3, 0.4) is 0 Å². The number of sulfonamides is 1. The Morgan fingerprint density at radius 2 is 1.88 bits per heavy atom. The number of aliphatic hydroxyl groups is 1. The summed E-state index contributed by atoms with van der Waals surface area (Å²) in [6.07, 6.45) is 0. The zero-order valence-electron chi connectivity index (χ0n) is 14.1. The molecule has 0 bridgehead atoms. The molecule has 1 aromatic carbocycles. The molecule has 3 N–H and O–H groups in total. The first-order valence-electron chi connectivity index (χ1n) is 7.95. The molecular formula is C17H19N5O3S. The Morgan fingerprint density at radius 1 is 1.12 bits per heavy atom. The van der Waals surface area contributed by atoms with Crippen LogP contribution in [0.1, 0.15) is 5.69 Å². The average molecular weight is 373 g/mol. The molecule has 9 heteroatoms. The highest BCUT2D eigenvalue weighted by molar-refractivity contribution is 7.92. The molecule has 0 atom stereocenters. The number of anilines is 3. The number of aromatic amines is 1. The van der Waals surface area contributed by atoms with Crippen molar-refractivity contribution in [1.29, 1.82) is 0 Å². The number of pyridine rings is 1. The van der Waals surface area contributed by atoms with Crippen LogP contribution in [0.2, 0.25) is 0 Å². The van der Waals surface area contributed by atoms with Crippen molar-refractivity contribution in [2.24, 2.45) is 0 Å². The SMILES string of the molecule is Cc1cc(Nc2cccc(N(CCO)S(=O)(=O)c3ccccc3)n2)n[nH]1. The van der Waals surface area contributed by atoms with Gasteiger partial charge in [0, 0.05) is 11.8 Å². The van der Waals surface area contributed by atoms with Crippen molar-refractivity contribution in [3.05, 3.63) is 60.3 Å². The van der Waals surface area contributed by atoms with Crippen LogP contribution in [0.5, 0.6) is 0 Å². The third-order valence-electron chi connectivity index (χ3n) is 3.59. The molecule has 0 aliphatic heterocycles. The van der Waals surface area contributed by atoms with Crippen LogP contribution in [-0.2, 0) is 10.0 Å². The van der Waals surface area contributed by atoms with E-state index < -0.39 is 10.0 Å². The van der Waals surface area contributed by atoms with Gasteiger partial charge in [0.25, 0.3) is 10.0 Å². The molecule has 2 aromatic heterocycles. The lowest BCUT2D eigenvalue weighted by molar-refractivity contribution is 0.306. The van der Waals surface area contributed by atoms with Gasteiger partial charge in [-0.1, -0.05) is 24.3 Å². The van der Waals surface area contributed by atoms with Gasteiger partial charge < -0.3 is 10.4 Å². The smallest absolute Gasteiger partial charge is 0.265 e. The van der Waals surface area contributed by atoms with Gasteiger partial charge in [0.05, 0.1) is 18.0 Å². The summed E-state index contributed by atoms with van der Waals surface area (Å²) in [5, 5.41) is 19.3. The third-order valence-corrected chi connectivity index (χ3v) is 5.40. The Bertz CT molecular complexity index is 973. The van der Waals surface area contributed by atoms with E-state index in [4.69, 9.17) is 0 Å². The van der Waals surface area contributed by atoms with E-state index >= 15 is 0 Å². The molecule has 26 heavy (non-hydrogen) atoms. The summed E-state index contributed by atoms with van der Waals surface area (Å²) in [5.41, 5.74) is 0.886. The summed E-state index contributed by atoms with van der Waals surface area (Å²) in [6.45, 7) is 1.44. The summed E-state index contributed by atoms with van der Waals surface area (Å²) >= 11 is 0. The minimum absolute atomic E-state index is 0.102. The Kier molecular flexibility index (Phi) is 5.19. The van der Waals surface area contributed by atoms with E-state index in [-0.39, 0.29) is 23.9 Å².